The third kappa shape index (κ3) is 4.10. The van der Waals surface area contributed by atoms with Gasteiger partial charge in [-0.15, -0.1) is 0 Å². The van der Waals surface area contributed by atoms with Crippen molar-refractivity contribution in [3.63, 3.8) is 0 Å². The van der Waals surface area contributed by atoms with Crippen molar-refractivity contribution >= 4 is 27.2 Å². The van der Waals surface area contributed by atoms with Gasteiger partial charge in [-0.1, -0.05) is 42.5 Å². The Morgan fingerprint density at radius 1 is 1.19 bits per heavy atom. The van der Waals surface area contributed by atoms with Gasteiger partial charge < -0.3 is 5.73 Å². The van der Waals surface area contributed by atoms with Crippen LogP contribution >= 0.6 is 12.2 Å². The number of hydrogen-bond donors (Lipinski definition) is 2. The minimum atomic E-state index is -3.53. The van der Waals surface area contributed by atoms with Crippen molar-refractivity contribution in [3.8, 4) is 0 Å². The molecule has 0 aliphatic carbocycles. The van der Waals surface area contributed by atoms with Crippen LogP contribution < -0.4 is 10.5 Å². The summed E-state index contributed by atoms with van der Waals surface area (Å²) in [7, 11) is -3.53. The number of aryl methyl sites for hydroxylation is 1. The molecular weight excluding hydrogens is 304 g/mol. The van der Waals surface area contributed by atoms with Crippen LogP contribution in [-0.4, -0.2) is 13.4 Å². The smallest absolute Gasteiger partial charge is 0.240 e. The quantitative estimate of drug-likeness (QED) is 0.828. The molecule has 0 aliphatic heterocycles. The number of hydrogen-bond acceptors (Lipinski definition) is 3. The second kappa shape index (κ2) is 6.34. The molecule has 0 bridgehead atoms. The third-order valence-corrected chi connectivity index (χ3v) is 4.61. The minimum Gasteiger partial charge on any atom is -0.389 e. The van der Waals surface area contributed by atoms with Gasteiger partial charge in [0, 0.05) is 12.1 Å². The summed E-state index contributed by atoms with van der Waals surface area (Å²) >= 11 is 4.91. The fraction of sp³-hybridized carbons (Fsp3) is 0.133. The van der Waals surface area contributed by atoms with Gasteiger partial charge in [0.05, 0.1) is 4.90 Å². The number of nitrogens with one attached hydrogen (secondary N) is 1. The average molecular weight is 320 g/mol. The zero-order valence-corrected chi connectivity index (χ0v) is 13.2. The molecule has 2 aromatic carbocycles. The zero-order chi connectivity index (χ0) is 15.5. The Balaban J connectivity index is 2.15. The van der Waals surface area contributed by atoms with E-state index < -0.39 is 10.0 Å². The predicted molar refractivity (Wildman–Crippen MR) is 87.5 cm³/mol. The Kier molecular flexibility index (Phi) is 4.72. The van der Waals surface area contributed by atoms with Crippen molar-refractivity contribution in [3.05, 3.63) is 65.2 Å². The molecule has 6 heteroatoms. The summed E-state index contributed by atoms with van der Waals surface area (Å²) in [6, 6.07) is 14.0. The van der Waals surface area contributed by atoms with E-state index in [0.717, 1.165) is 16.7 Å². The van der Waals surface area contributed by atoms with Crippen LogP contribution in [0.4, 0.5) is 0 Å². The van der Waals surface area contributed by atoms with Crippen molar-refractivity contribution in [2.75, 3.05) is 0 Å². The second-order valence-electron chi connectivity index (χ2n) is 4.71. The van der Waals surface area contributed by atoms with Crippen LogP contribution in [0.15, 0.2) is 53.4 Å². The van der Waals surface area contributed by atoms with Gasteiger partial charge in [0.2, 0.25) is 10.0 Å². The lowest BCUT2D eigenvalue weighted by Gasteiger charge is -2.08. The van der Waals surface area contributed by atoms with Crippen LogP contribution in [0.5, 0.6) is 0 Å². The molecule has 2 rings (SSSR count). The molecule has 3 N–H and O–H groups in total. The van der Waals surface area contributed by atoms with Gasteiger partial charge in [0.25, 0.3) is 0 Å². The summed E-state index contributed by atoms with van der Waals surface area (Å²) in [6.07, 6.45) is 0. The van der Waals surface area contributed by atoms with Gasteiger partial charge in [-0.25, -0.2) is 13.1 Å². The molecule has 0 aromatic heterocycles. The molecular formula is C15H16N2O2S2. The summed E-state index contributed by atoms with van der Waals surface area (Å²) in [5, 5.41) is 0. The maximum atomic E-state index is 12.2. The zero-order valence-electron chi connectivity index (χ0n) is 11.5. The Labute approximate surface area is 130 Å². The number of sulfonamides is 1. The summed E-state index contributed by atoms with van der Waals surface area (Å²) < 4.78 is 27.0. The molecule has 21 heavy (non-hydrogen) atoms. The Hall–Kier alpha value is -1.76. The molecule has 0 amide bonds. The summed E-state index contributed by atoms with van der Waals surface area (Å²) in [6.45, 7) is 2.04. The number of rotatable bonds is 5. The lowest BCUT2D eigenvalue weighted by molar-refractivity contribution is 0.581. The summed E-state index contributed by atoms with van der Waals surface area (Å²) in [5.74, 6) is 0. The first-order valence-electron chi connectivity index (χ1n) is 6.33. The summed E-state index contributed by atoms with van der Waals surface area (Å²) in [5.41, 5.74) is 7.98. The first-order chi connectivity index (χ1) is 9.88. The highest BCUT2D eigenvalue weighted by Gasteiger charge is 2.13. The molecule has 0 saturated heterocycles. The monoisotopic (exact) mass is 320 g/mol. The van der Waals surface area contributed by atoms with Crippen molar-refractivity contribution in [2.24, 2.45) is 5.73 Å². The lowest BCUT2D eigenvalue weighted by Crippen LogP contribution is -2.23. The fourth-order valence-electron chi connectivity index (χ4n) is 1.88. The molecule has 0 atom stereocenters. The van der Waals surface area contributed by atoms with Gasteiger partial charge in [0.15, 0.2) is 0 Å². The largest absolute Gasteiger partial charge is 0.389 e. The highest BCUT2D eigenvalue weighted by Crippen LogP contribution is 2.12. The Bertz CT molecular complexity index is 771. The molecule has 0 unspecified atom stereocenters. The SMILES string of the molecule is Cc1cccc(S(=O)(=O)NCc2cccc(C(N)=S)c2)c1. The second-order valence-corrected chi connectivity index (χ2v) is 6.91. The maximum absolute atomic E-state index is 12.2. The highest BCUT2D eigenvalue weighted by atomic mass is 32.2. The number of benzene rings is 2. The van der Waals surface area contributed by atoms with Crippen LogP contribution in [0.3, 0.4) is 0 Å². The van der Waals surface area contributed by atoms with E-state index in [1.807, 2.05) is 19.1 Å². The van der Waals surface area contributed by atoms with Gasteiger partial charge >= 0.3 is 0 Å². The van der Waals surface area contributed by atoms with E-state index in [1.54, 1.807) is 36.4 Å². The van der Waals surface area contributed by atoms with Gasteiger partial charge in [-0.3, -0.25) is 0 Å². The van der Waals surface area contributed by atoms with Crippen LogP contribution in [0.1, 0.15) is 16.7 Å². The normalized spacial score (nSPS) is 11.3. The lowest BCUT2D eigenvalue weighted by atomic mass is 10.1. The van der Waals surface area contributed by atoms with E-state index >= 15 is 0 Å². The van der Waals surface area contributed by atoms with Crippen LogP contribution in [0.2, 0.25) is 0 Å². The highest BCUT2D eigenvalue weighted by molar-refractivity contribution is 7.89. The molecule has 0 spiro atoms. The maximum Gasteiger partial charge on any atom is 0.240 e. The first-order valence-corrected chi connectivity index (χ1v) is 8.23. The molecule has 4 nitrogen and oxygen atoms in total. The third-order valence-electron chi connectivity index (χ3n) is 2.98. The number of nitrogens with two attached hydrogens (primary N) is 1. The van der Waals surface area contributed by atoms with E-state index in [0.29, 0.717) is 4.99 Å². The topological polar surface area (TPSA) is 72.2 Å². The van der Waals surface area contributed by atoms with E-state index in [4.69, 9.17) is 18.0 Å². The van der Waals surface area contributed by atoms with Gasteiger partial charge in [-0.05, 0) is 36.2 Å². The van der Waals surface area contributed by atoms with E-state index in [2.05, 4.69) is 4.72 Å². The van der Waals surface area contributed by atoms with Crippen molar-refractivity contribution in [2.45, 2.75) is 18.4 Å². The molecule has 110 valence electrons. The predicted octanol–water partition coefficient (Wildman–Crippen LogP) is 2.11. The molecule has 2 aromatic rings. The Morgan fingerprint density at radius 3 is 2.57 bits per heavy atom. The fourth-order valence-corrected chi connectivity index (χ4v) is 3.13. The van der Waals surface area contributed by atoms with Gasteiger partial charge in [0.1, 0.15) is 4.99 Å². The van der Waals surface area contributed by atoms with Crippen LogP contribution in [-0.2, 0) is 16.6 Å². The molecule has 0 saturated carbocycles. The van der Waals surface area contributed by atoms with Gasteiger partial charge in [-0.2, -0.15) is 0 Å². The number of thiocarbonyl (C=S) groups is 1. The minimum absolute atomic E-state index is 0.187. The van der Waals surface area contributed by atoms with Crippen LogP contribution in [0, 0.1) is 6.92 Å². The van der Waals surface area contributed by atoms with E-state index in [9.17, 15) is 8.42 Å². The molecule has 0 fully saturated rings. The molecule has 0 heterocycles. The standard InChI is InChI=1S/C15H16N2O2S2/c1-11-4-2-7-14(8-11)21(18,19)17-10-12-5-3-6-13(9-12)15(16)20/h2-9,17H,10H2,1H3,(H2,16,20). The van der Waals surface area contributed by atoms with Crippen molar-refractivity contribution in [1.82, 2.24) is 4.72 Å². The average Bonchev–Trinajstić information content (AvgIpc) is 2.45. The van der Waals surface area contributed by atoms with E-state index in [1.165, 1.54) is 0 Å². The van der Waals surface area contributed by atoms with Crippen LogP contribution in [0.25, 0.3) is 0 Å². The first kappa shape index (κ1) is 15.6. The molecule has 0 aliphatic rings. The van der Waals surface area contributed by atoms with Crippen molar-refractivity contribution < 1.29 is 8.42 Å². The summed E-state index contributed by atoms with van der Waals surface area (Å²) in [4.78, 5) is 0.548. The molecule has 0 radical (unpaired) electrons. The van der Waals surface area contributed by atoms with Crippen molar-refractivity contribution in [1.29, 1.82) is 0 Å². The Morgan fingerprint density at radius 2 is 1.90 bits per heavy atom. The van der Waals surface area contributed by atoms with E-state index in [-0.39, 0.29) is 11.4 Å².